The van der Waals surface area contributed by atoms with E-state index < -0.39 is 26.6 Å². The lowest BCUT2D eigenvalue weighted by atomic mass is 10.0. The molecular formula is C23H14Cl3F2NO2S2. The first-order valence-corrected chi connectivity index (χ1v) is 12.9. The van der Waals surface area contributed by atoms with Crippen molar-refractivity contribution in [2.45, 2.75) is 11.4 Å². The van der Waals surface area contributed by atoms with Crippen LogP contribution in [-0.4, -0.2) is 8.42 Å². The Balaban J connectivity index is 1.71. The maximum absolute atomic E-state index is 13.5. The third-order valence-corrected chi connectivity index (χ3v) is 8.05. The summed E-state index contributed by atoms with van der Waals surface area (Å²) in [5.74, 6) is -1.95. The molecule has 0 atom stereocenters. The van der Waals surface area contributed by atoms with Crippen molar-refractivity contribution in [1.82, 2.24) is 4.72 Å². The molecule has 170 valence electrons. The minimum absolute atomic E-state index is 0.0864. The van der Waals surface area contributed by atoms with Crippen LogP contribution in [0.1, 0.15) is 4.88 Å². The summed E-state index contributed by atoms with van der Waals surface area (Å²) >= 11 is 19.8. The molecular weight excluding hydrogens is 531 g/mol. The van der Waals surface area contributed by atoms with E-state index in [1.165, 1.54) is 11.3 Å². The predicted octanol–water partition coefficient (Wildman–Crippen LogP) is 7.80. The van der Waals surface area contributed by atoms with Crippen LogP contribution < -0.4 is 4.72 Å². The van der Waals surface area contributed by atoms with Crippen LogP contribution in [0.4, 0.5) is 8.78 Å². The van der Waals surface area contributed by atoms with E-state index in [0.29, 0.717) is 26.0 Å². The molecule has 3 aromatic carbocycles. The van der Waals surface area contributed by atoms with E-state index in [-0.39, 0.29) is 6.54 Å². The molecule has 0 amide bonds. The van der Waals surface area contributed by atoms with Crippen LogP contribution in [-0.2, 0) is 16.6 Å². The van der Waals surface area contributed by atoms with Crippen molar-refractivity contribution in [2.75, 3.05) is 0 Å². The molecule has 3 nitrogen and oxygen atoms in total. The highest BCUT2D eigenvalue weighted by atomic mass is 35.5. The van der Waals surface area contributed by atoms with Crippen molar-refractivity contribution in [1.29, 1.82) is 0 Å². The Morgan fingerprint density at radius 2 is 1.42 bits per heavy atom. The lowest BCUT2D eigenvalue weighted by Gasteiger charge is -2.07. The monoisotopic (exact) mass is 543 g/mol. The van der Waals surface area contributed by atoms with Gasteiger partial charge in [-0.05, 0) is 48.0 Å². The molecule has 33 heavy (non-hydrogen) atoms. The number of hydrogen-bond donors (Lipinski definition) is 1. The molecule has 0 aliphatic heterocycles. The Morgan fingerprint density at radius 3 is 2.06 bits per heavy atom. The molecule has 0 aliphatic carbocycles. The van der Waals surface area contributed by atoms with Crippen molar-refractivity contribution < 1.29 is 17.2 Å². The Labute approximate surface area is 208 Å². The molecule has 0 bridgehead atoms. The number of hydrogen-bond acceptors (Lipinski definition) is 3. The molecule has 0 radical (unpaired) electrons. The van der Waals surface area contributed by atoms with Crippen molar-refractivity contribution in [3.63, 3.8) is 0 Å². The van der Waals surface area contributed by atoms with Crippen LogP contribution in [0, 0.1) is 11.6 Å². The molecule has 1 heterocycles. The van der Waals surface area contributed by atoms with Gasteiger partial charge in [-0.2, -0.15) is 0 Å². The fraction of sp³-hybridized carbons (Fsp3) is 0.0435. The van der Waals surface area contributed by atoms with Gasteiger partial charge in [-0.3, -0.25) is 0 Å². The zero-order valence-corrected chi connectivity index (χ0v) is 20.5. The van der Waals surface area contributed by atoms with E-state index in [1.54, 1.807) is 30.3 Å². The number of halogens is 5. The summed E-state index contributed by atoms with van der Waals surface area (Å²) in [5.41, 5.74) is 2.42. The summed E-state index contributed by atoms with van der Waals surface area (Å²) in [6.07, 6.45) is 0. The van der Waals surface area contributed by atoms with E-state index in [1.807, 2.05) is 18.2 Å². The van der Waals surface area contributed by atoms with E-state index >= 15 is 0 Å². The second-order valence-corrected chi connectivity index (χ2v) is 11.2. The molecule has 4 aromatic rings. The summed E-state index contributed by atoms with van der Waals surface area (Å²) in [6, 6.07) is 16.3. The summed E-state index contributed by atoms with van der Waals surface area (Å²) in [5, 5.41) is 1.51. The number of sulfonamides is 1. The van der Waals surface area contributed by atoms with E-state index in [4.69, 9.17) is 34.8 Å². The minimum atomic E-state index is -4.14. The number of rotatable bonds is 6. The molecule has 0 unspecified atom stereocenters. The third-order valence-electron chi connectivity index (χ3n) is 4.70. The first-order chi connectivity index (χ1) is 15.6. The lowest BCUT2D eigenvalue weighted by molar-refractivity contribution is 0.561. The van der Waals surface area contributed by atoms with Gasteiger partial charge in [0.05, 0.1) is 9.92 Å². The SMILES string of the molecule is O=S(=O)(NCc1cc(-c2ccc(Cl)cc2)c(-c2ccc(Cl)cc2Cl)s1)c1cc(F)cc(F)c1. The van der Waals surface area contributed by atoms with Gasteiger partial charge in [0, 0.05) is 43.5 Å². The maximum atomic E-state index is 13.5. The van der Waals surface area contributed by atoms with Gasteiger partial charge in [0.15, 0.2) is 0 Å². The highest BCUT2D eigenvalue weighted by molar-refractivity contribution is 7.89. The van der Waals surface area contributed by atoms with Gasteiger partial charge in [-0.15, -0.1) is 11.3 Å². The summed E-state index contributed by atoms with van der Waals surface area (Å²) in [7, 11) is -4.14. The lowest BCUT2D eigenvalue weighted by Crippen LogP contribution is -2.23. The standard InChI is InChI=1S/C23H14Cl3F2NO2S2/c24-14-3-1-13(2-4-14)21-11-18(32-23(21)20-6-5-15(25)7-22(20)26)12-29-33(30,31)19-9-16(27)8-17(28)10-19/h1-11,29H,12H2. The summed E-state index contributed by atoms with van der Waals surface area (Å²) < 4.78 is 54.5. The molecule has 0 spiro atoms. The van der Waals surface area contributed by atoms with Crippen LogP contribution >= 0.6 is 46.1 Å². The maximum Gasteiger partial charge on any atom is 0.241 e. The van der Waals surface area contributed by atoms with Gasteiger partial charge >= 0.3 is 0 Å². The highest BCUT2D eigenvalue weighted by Crippen LogP contribution is 2.43. The first-order valence-electron chi connectivity index (χ1n) is 9.42. The normalized spacial score (nSPS) is 11.7. The minimum Gasteiger partial charge on any atom is -0.207 e. The molecule has 0 saturated heterocycles. The fourth-order valence-electron chi connectivity index (χ4n) is 3.18. The van der Waals surface area contributed by atoms with Gasteiger partial charge in [0.2, 0.25) is 10.0 Å². The van der Waals surface area contributed by atoms with Gasteiger partial charge in [-0.1, -0.05) is 53.0 Å². The Morgan fingerprint density at radius 1 is 0.788 bits per heavy atom. The zero-order chi connectivity index (χ0) is 23.8. The second-order valence-electron chi connectivity index (χ2n) is 7.02. The number of benzene rings is 3. The number of thiophene rings is 1. The summed E-state index contributed by atoms with van der Waals surface area (Å²) in [4.78, 5) is 0.988. The van der Waals surface area contributed by atoms with E-state index in [9.17, 15) is 17.2 Å². The Bertz CT molecular complexity index is 1420. The quantitative estimate of drug-likeness (QED) is 0.269. The molecule has 0 fully saturated rings. The highest BCUT2D eigenvalue weighted by Gasteiger charge is 2.19. The van der Waals surface area contributed by atoms with Crippen molar-refractivity contribution >= 4 is 56.2 Å². The average molecular weight is 545 g/mol. The molecule has 1 N–H and O–H groups in total. The fourth-order valence-corrected chi connectivity index (χ4v) is 6.16. The van der Waals surface area contributed by atoms with Gasteiger partial charge in [0.25, 0.3) is 0 Å². The average Bonchev–Trinajstić information content (AvgIpc) is 3.16. The molecule has 0 aliphatic rings. The van der Waals surface area contributed by atoms with Gasteiger partial charge < -0.3 is 0 Å². The third kappa shape index (κ3) is 5.57. The first kappa shape index (κ1) is 24.1. The summed E-state index contributed by atoms with van der Waals surface area (Å²) in [6.45, 7) is -0.0864. The van der Waals surface area contributed by atoms with Crippen LogP contribution in [0.15, 0.2) is 71.6 Å². The smallest absolute Gasteiger partial charge is 0.207 e. The Hall–Kier alpha value is -2.00. The van der Waals surface area contributed by atoms with Crippen LogP contribution in [0.2, 0.25) is 15.1 Å². The molecule has 10 heteroatoms. The van der Waals surface area contributed by atoms with Crippen molar-refractivity contribution in [3.05, 3.63) is 98.3 Å². The van der Waals surface area contributed by atoms with Gasteiger partial charge in [-0.25, -0.2) is 21.9 Å². The molecule has 4 rings (SSSR count). The van der Waals surface area contributed by atoms with E-state index in [0.717, 1.165) is 33.7 Å². The second kappa shape index (κ2) is 9.70. The van der Waals surface area contributed by atoms with Crippen molar-refractivity contribution in [3.8, 4) is 21.6 Å². The zero-order valence-electron chi connectivity index (χ0n) is 16.6. The number of nitrogens with one attached hydrogen (secondary N) is 1. The van der Waals surface area contributed by atoms with E-state index in [2.05, 4.69) is 4.72 Å². The van der Waals surface area contributed by atoms with Crippen LogP contribution in [0.5, 0.6) is 0 Å². The van der Waals surface area contributed by atoms with Gasteiger partial charge in [0.1, 0.15) is 11.6 Å². The molecule has 1 aromatic heterocycles. The van der Waals surface area contributed by atoms with Crippen LogP contribution in [0.25, 0.3) is 21.6 Å². The topological polar surface area (TPSA) is 46.2 Å². The van der Waals surface area contributed by atoms with Crippen LogP contribution in [0.3, 0.4) is 0 Å². The Kier molecular flexibility index (Phi) is 7.09. The van der Waals surface area contributed by atoms with Crippen molar-refractivity contribution in [2.24, 2.45) is 0 Å². The predicted molar refractivity (Wildman–Crippen MR) is 131 cm³/mol. The molecule has 0 saturated carbocycles. The largest absolute Gasteiger partial charge is 0.241 e.